The van der Waals surface area contributed by atoms with Crippen molar-refractivity contribution < 1.29 is 8.42 Å². The van der Waals surface area contributed by atoms with Crippen LogP contribution in [0.25, 0.3) is 78.4 Å². The zero-order valence-corrected chi connectivity index (χ0v) is 29.7. The molecule has 6 aromatic carbocycles. The van der Waals surface area contributed by atoms with Crippen molar-refractivity contribution >= 4 is 9.84 Å². The van der Waals surface area contributed by atoms with E-state index in [1.807, 2.05) is 84.9 Å². The Morgan fingerprint density at radius 3 is 1.13 bits per heavy atom. The number of pyridine rings is 2. The average Bonchev–Trinajstić information content (AvgIpc) is 3.33. The highest BCUT2D eigenvalue weighted by Crippen LogP contribution is 2.40. The first-order valence-electron chi connectivity index (χ1n) is 17.7. The molecule has 0 fully saturated rings. The Morgan fingerprint density at radius 1 is 0.321 bits per heavy atom. The van der Waals surface area contributed by atoms with E-state index in [9.17, 15) is 8.42 Å². The van der Waals surface area contributed by atoms with E-state index >= 15 is 0 Å². The average molecular weight is 703 g/mol. The third-order valence-electron chi connectivity index (χ3n) is 9.85. The van der Waals surface area contributed by atoms with Crippen LogP contribution in [0.3, 0.4) is 0 Å². The second-order valence-electron chi connectivity index (χ2n) is 13.5. The number of sulfone groups is 1. The number of fused-ring (bicyclic) bond motifs is 3. The van der Waals surface area contributed by atoms with Crippen LogP contribution < -0.4 is 0 Å². The smallest absolute Gasteiger partial charge is 0.158 e. The van der Waals surface area contributed by atoms with E-state index in [0.29, 0.717) is 0 Å². The van der Waals surface area contributed by atoms with Crippen LogP contribution >= 0.6 is 0 Å². The van der Waals surface area contributed by atoms with Gasteiger partial charge in [0.25, 0.3) is 0 Å². The summed E-state index contributed by atoms with van der Waals surface area (Å²) >= 11 is 0. The van der Waals surface area contributed by atoms with Crippen molar-refractivity contribution in [2.45, 2.75) is 11.5 Å². The van der Waals surface area contributed by atoms with Gasteiger partial charge in [-0.25, -0.2) is 18.4 Å². The molecule has 5 heteroatoms. The van der Waals surface area contributed by atoms with Crippen LogP contribution in [0.15, 0.2) is 182 Å². The number of nitrogens with zero attached hydrogens (tertiary/aromatic N) is 2. The van der Waals surface area contributed by atoms with E-state index in [2.05, 4.69) is 97.1 Å². The van der Waals surface area contributed by atoms with Crippen LogP contribution in [0.2, 0.25) is 0 Å². The molecule has 0 bridgehead atoms. The van der Waals surface area contributed by atoms with Crippen LogP contribution in [0.5, 0.6) is 0 Å². The molecule has 0 radical (unpaired) electrons. The Balaban J connectivity index is 1.18. The molecule has 4 nitrogen and oxygen atoms in total. The number of hydrogen-bond acceptors (Lipinski definition) is 4. The molecule has 2 aromatic heterocycles. The lowest BCUT2D eigenvalue weighted by Gasteiger charge is -2.15. The van der Waals surface area contributed by atoms with Crippen molar-refractivity contribution in [3.05, 3.63) is 193 Å². The van der Waals surface area contributed by atoms with Crippen molar-refractivity contribution in [3.63, 3.8) is 0 Å². The first-order valence-corrected chi connectivity index (χ1v) is 19.5. The SMILES string of the molecule is O=S1(=O)Cc2cc(-c3cc(-c4ccccc4)nc(-c4ccccc4)c3)ccc2-c2cc(-c3cc(-c4ccccc4)nc(-c4ccccc4)c3)ccc2C1. The Bertz CT molecular complexity index is 2600. The maximum Gasteiger partial charge on any atom is 0.158 e. The normalized spacial score (nSPS) is 13.1. The lowest BCUT2D eigenvalue weighted by Crippen LogP contribution is -2.05. The first-order chi connectivity index (χ1) is 26.0. The van der Waals surface area contributed by atoms with Gasteiger partial charge < -0.3 is 0 Å². The molecule has 3 heterocycles. The summed E-state index contributed by atoms with van der Waals surface area (Å²) in [5.74, 6) is -0.0486. The number of benzene rings is 6. The summed E-state index contributed by atoms with van der Waals surface area (Å²) in [7, 11) is -3.43. The third kappa shape index (κ3) is 6.71. The minimum absolute atomic E-state index is 0.0148. The quantitative estimate of drug-likeness (QED) is 0.173. The summed E-state index contributed by atoms with van der Waals surface area (Å²) in [6.45, 7) is 0. The zero-order valence-electron chi connectivity index (χ0n) is 28.9. The van der Waals surface area contributed by atoms with Gasteiger partial charge in [-0.2, -0.15) is 0 Å². The van der Waals surface area contributed by atoms with Crippen LogP contribution in [-0.4, -0.2) is 18.4 Å². The molecule has 8 aromatic rings. The summed E-state index contributed by atoms with van der Waals surface area (Å²) < 4.78 is 27.3. The predicted molar refractivity (Wildman–Crippen MR) is 216 cm³/mol. The highest BCUT2D eigenvalue weighted by atomic mass is 32.2. The lowest BCUT2D eigenvalue weighted by molar-refractivity contribution is 0.595. The molecule has 0 saturated carbocycles. The monoisotopic (exact) mass is 702 g/mol. The number of rotatable bonds is 6. The molecule has 0 amide bonds. The van der Waals surface area contributed by atoms with Gasteiger partial charge in [-0.05, 0) is 80.9 Å². The summed E-state index contributed by atoms with van der Waals surface area (Å²) in [5, 5.41) is 0. The highest BCUT2D eigenvalue weighted by Gasteiger charge is 2.25. The predicted octanol–water partition coefficient (Wildman–Crippen LogP) is 11.6. The number of hydrogen-bond donors (Lipinski definition) is 0. The van der Waals surface area contributed by atoms with E-state index in [1.54, 1.807) is 0 Å². The molecule has 53 heavy (non-hydrogen) atoms. The van der Waals surface area contributed by atoms with Gasteiger partial charge in [0.15, 0.2) is 9.84 Å². The minimum Gasteiger partial charge on any atom is -0.248 e. The Kier molecular flexibility index (Phi) is 8.34. The van der Waals surface area contributed by atoms with Crippen molar-refractivity contribution in [2.75, 3.05) is 0 Å². The minimum atomic E-state index is -3.43. The lowest BCUT2D eigenvalue weighted by atomic mass is 9.90. The molecule has 0 atom stereocenters. The standard InChI is InChI=1S/C48H34N2O2S/c51-53(52)31-39-22-21-38(41-29-47(35-17-9-3-10-18-35)50-48(30-41)36-19-11-4-12-20-36)26-44(39)43-24-23-37(25-42(43)32-53)40-27-45(33-13-5-1-6-14-33)49-46(28-40)34-15-7-2-8-16-34/h1-30H,31-32H2. The fourth-order valence-corrected chi connectivity index (χ4v) is 8.77. The van der Waals surface area contributed by atoms with Gasteiger partial charge in [0.2, 0.25) is 0 Å². The van der Waals surface area contributed by atoms with Gasteiger partial charge in [0.05, 0.1) is 34.3 Å². The first kappa shape index (κ1) is 32.5. The van der Waals surface area contributed by atoms with Gasteiger partial charge >= 0.3 is 0 Å². The third-order valence-corrected chi connectivity index (χ3v) is 11.4. The van der Waals surface area contributed by atoms with Crippen molar-refractivity contribution in [2.24, 2.45) is 0 Å². The van der Waals surface area contributed by atoms with Crippen molar-refractivity contribution in [1.29, 1.82) is 0 Å². The molecule has 1 aliphatic heterocycles. The van der Waals surface area contributed by atoms with Crippen LogP contribution in [0, 0.1) is 0 Å². The van der Waals surface area contributed by atoms with Gasteiger partial charge in [-0.3, -0.25) is 0 Å². The molecule has 1 aliphatic rings. The fourth-order valence-electron chi connectivity index (χ4n) is 7.23. The Morgan fingerprint density at radius 2 is 0.698 bits per heavy atom. The second kappa shape index (κ2) is 13.6. The van der Waals surface area contributed by atoms with Gasteiger partial charge in [0, 0.05) is 22.3 Å². The van der Waals surface area contributed by atoms with E-state index in [1.165, 1.54) is 0 Å². The molecule has 0 aliphatic carbocycles. The van der Waals surface area contributed by atoms with Gasteiger partial charge in [-0.1, -0.05) is 146 Å². The molecule has 0 spiro atoms. The summed E-state index contributed by atoms with van der Waals surface area (Å²) in [6, 6.07) is 61.6. The topological polar surface area (TPSA) is 59.9 Å². The van der Waals surface area contributed by atoms with Crippen molar-refractivity contribution in [1.82, 2.24) is 9.97 Å². The van der Waals surface area contributed by atoms with E-state index in [0.717, 1.165) is 89.5 Å². The maximum atomic E-state index is 13.7. The summed E-state index contributed by atoms with van der Waals surface area (Å²) in [6.07, 6.45) is 0. The summed E-state index contributed by atoms with van der Waals surface area (Å²) in [4.78, 5) is 10.1. The fraction of sp³-hybridized carbons (Fsp3) is 0.0417. The summed E-state index contributed by atoms with van der Waals surface area (Å²) in [5.41, 5.74) is 15.0. The van der Waals surface area contributed by atoms with E-state index in [-0.39, 0.29) is 11.5 Å². The van der Waals surface area contributed by atoms with Gasteiger partial charge in [0.1, 0.15) is 0 Å². The van der Waals surface area contributed by atoms with E-state index in [4.69, 9.17) is 9.97 Å². The van der Waals surface area contributed by atoms with Crippen LogP contribution in [0.4, 0.5) is 0 Å². The molecular weight excluding hydrogens is 669 g/mol. The Labute approximate surface area is 310 Å². The largest absolute Gasteiger partial charge is 0.248 e. The van der Waals surface area contributed by atoms with E-state index < -0.39 is 9.84 Å². The van der Waals surface area contributed by atoms with Crippen molar-refractivity contribution in [3.8, 4) is 78.4 Å². The molecule has 0 saturated heterocycles. The Hall–Kier alpha value is -6.43. The second-order valence-corrected chi connectivity index (χ2v) is 15.6. The van der Waals surface area contributed by atoms with Crippen LogP contribution in [0.1, 0.15) is 11.1 Å². The highest BCUT2D eigenvalue weighted by molar-refractivity contribution is 7.89. The molecule has 0 N–H and O–H groups in total. The molecule has 9 rings (SSSR count). The van der Waals surface area contributed by atoms with Crippen LogP contribution in [-0.2, 0) is 21.3 Å². The maximum absolute atomic E-state index is 13.7. The van der Waals surface area contributed by atoms with Gasteiger partial charge in [-0.15, -0.1) is 0 Å². The molecule has 0 unspecified atom stereocenters. The molecular formula is C48H34N2O2S. The molecule has 254 valence electrons. The zero-order chi connectivity index (χ0) is 35.8. The number of aromatic nitrogens is 2.